The van der Waals surface area contributed by atoms with Crippen molar-refractivity contribution in [3.8, 4) is 5.75 Å². The number of sulfonamides is 1. The number of hydrogen-bond acceptors (Lipinski definition) is 9. The van der Waals surface area contributed by atoms with Gasteiger partial charge >= 0.3 is 6.09 Å². The Bertz CT molecular complexity index is 2060. The number of pyridine rings is 1. The number of nitrogens with zero attached hydrogens (tertiary/aromatic N) is 2. The molecule has 54 heavy (non-hydrogen) atoms. The predicted octanol–water partition coefficient (Wildman–Crippen LogP) is 4.38. The number of alkyl carbamates (subject to hydrolysis) is 1. The minimum Gasteiger partial charge on any atom is -0.483 e. The second-order valence-electron chi connectivity index (χ2n) is 16.1. The van der Waals surface area contributed by atoms with E-state index in [1.54, 1.807) is 27.7 Å². The summed E-state index contributed by atoms with van der Waals surface area (Å²) in [6.45, 7) is 6.56. The molecule has 3 N–H and O–H groups in total. The molecule has 3 aliphatic heterocycles. The average molecular weight is 772 g/mol. The topological polar surface area (TPSA) is 173 Å². The molecule has 2 aliphatic carbocycles. The van der Waals surface area contributed by atoms with Crippen molar-refractivity contribution in [3.63, 3.8) is 0 Å². The highest BCUT2D eigenvalue weighted by Gasteiger charge is 2.64. The number of ether oxygens (including phenoxy) is 2. The van der Waals surface area contributed by atoms with Crippen molar-refractivity contribution in [2.24, 2.45) is 5.92 Å². The monoisotopic (exact) mass is 771 g/mol. The molecule has 0 bridgehead atoms. The van der Waals surface area contributed by atoms with E-state index in [4.69, 9.17) is 9.47 Å². The maximum absolute atomic E-state index is 14.6. The molecule has 2 saturated carbocycles. The van der Waals surface area contributed by atoms with Crippen LogP contribution in [0, 0.1) is 24.5 Å². The molecule has 1 spiro atoms. The van der Waals surface area contributed by atoms with Crippen LogP contribution in [0.5, 0.6) is 5.75 Å². The minimum absolute atomic E-state index is 0.00297. The molecule has 7 rings (SSSR count). The normalized spacial score (nSPS) is 29.8. The van der Waals surface area contributed by atoms with Gasteiger partial charge in [-0.25, -0.2) is 27.0 Å². The van der Waals surface area contributed by atoms with E-state index in [1.165, 1.54) is 4.90 Å². The first-order chi connectivity index (χ1) is 25.5. The van der Waals surface area contributed by atoms with E-state index in [0.29, 0.717) is 60.9 Å². The van der Waals surface area contributed by atoms with E-state index in [2.05, 4.69) is 20.3 Å². The van der Waals surface area contributed by atoms with E-state index in [0.717, 1.165) is 25.0 Å². The van der Waals surface area contributed by atoms with Crippen LogP contribution in [0.4, 0.5) is 13.6 Å². The van der Waals surface area contributed by atoms with Crippen LogP contribution in [-0.4, -0.2) is 82.7 Å². The maximum Gasteiger partial charge on any atom is 0.408 e. The van der Waals surface area contributed by atoms with Gasteiger partial charge in [-0.2, -0.15) is 0 Å². The molecule has 3 fully saturated rings. The highest BCUT2D eigenvalue weighted by Crippen LogP contribution is 2.49. The summed E-state index contributed by atoms with van der Waals surface area (Å²) in [6, 6.07) is -0.0904. The lowest BCUT2D eigenvalue weighted by Gasteiger charge is -2.36. The number of aryl methyl sites for hydroxylation is 2. The molecular weight excluding hydrogens is 725 g/mol. The first kappa shape index (κ1) is 38.0. The Kier molecular flexibility index (Phi) is 9.66. The van der Waals surface area contributed by atoms with Crippen LogP contribution >= 0.6 is 0 Å². The Hall–Kier alpha value is -4.34. The summed E-state index contributed by atoms with van der Waals surface area (Å²) in [5.74, 6) is -4.19. The van der Waals surface area contributed by atoms with E-state index >= 15 is 0 Å². The van der Waals surface area contributed by atoms with Gasteiger partial charge in [0, 0.05) is 29.4 Å². The Morgan fingerprint density at radius 1 is 1.09 bits per heavy atom. The zero-order chi connectivity index (χ0) is 38.8. The van der Waals surface area contributed by atoms with Crippen molar-refractivity contribution in [2.75, 3.05) is 6.54 Å². The molecule has 1 aromatic heterocycles. The van der Waals surface area contributed by atoms with Crippen LogP contribution in [0.15, 0.2) is 24.3 Å². The number of rotatable bonds is 5. The third kappa shape index (κ3) is 7.01. The van der Waals surface area contributed by atoms with Crippen molar-refractivity contribution >= 4 is 44.7 Å². The fourth-order valence-corrected chi connectivity index (χ4v) is 9.39. The van der Waals surface area contributed by atoms with Crippen molar-refractivity contribution in [2.45, 2.75) is 132 Å². The lowest BCUT2D eigenvalue weighted by Crippen LogP contribution is -2.58. The van der Waals surface area contributed by atoms with Crippen LogP contribution in [0.3, 0.4) is 0 Å². The van der Waals surface area contributed by atoms with Gasteiger partial charge in [-0.3, -0.25) is 19.1 Å². The van der Waals surface area contributed by atoms with Crippen molar-refractivity contribution in [1.82, 2.24) is 25.2 Å². The second-order valence-corrected chi connectivity index (χ2v) is 18.3. The number of carbonyl (C=O) groups is 4. The van der Waals surface area contributed by atoms with Gasteiger partial charge in [0.1, 0.15) is 29.0 Å². The average Bonchev–Trinajstić information content (AvgIpc) is 3.99. The van der Waals surface area contributed by atoms with Crippen molar-refractivity contribution in [3.05, 3.63) is 47.2 Å². The lowest BCUT2D eigenvalue weighted by molar-refractivity contribution is -0.141. The van der Waals surface area contributed by atoms with Gasteiger partial charge in [0.05, 0.1) is 28.6 Å². The van der Waals surface area contributed by atoms with Gasteiger partial charge < -0.3 is 25.0 Å². The van der Waals surface area contributed by atoms with Crippen LogP contribution in [-0.2, 0) is 35.6 Å². The van der Waals surface area contributed by atoms with Crippen molar-refractivity contribution in [1.29, 1.82) is 0 Å². The Morgan fingerprint density at radius 3 is 2.56 bits per heavy atom. The second kappa shape index (κ2) is 13.7. The molecule has 16 heteroatoms. The summed E-state index contributed by atoms with van der Waals surface area (Å²) >= 11 is 0. The summed E-state index contributed by atoms with van der Waals surface area (Å²) in [7, 11) is -4.02. The first-order valence-corrected chi connectivity index (χ1v) is 20.3. The zero-order valence-electron chi connectivity index (χ0n) is 30.9. The third-order valence-corrected chi connectivity index (χ3v) is 13.8. The molecule has 13 nitrogen and oxygen atoms in total. The maximum atomic E-state index is 14.6. The zero-order valence-corrected chi connectivity index (χ0v) is 31.7. The van der Waals surface area contributed by atoms with Gasteiger partial charge in [0.25, 0.3) is 5.91 Å². The van der Waals surface area contributed by atoms with E-state index in [9.17, 15) is 36.4 Å². The molecular formula is C38H47F2N5O8S. The summed E-state index contributed by atoms with van der Waals surface area (Å²) < 4.78 is 68.0. The SMILES string of the molecule is Cc1nc2cc(F)c(F)cc2c2c1O[C@]1(CC2)C[C@H]2C(=O)N[C@]3(C(=O)NS(=O)(=O)C4(C)CC4)C[C@H]3/C=C\CCCCC[C@H](NC(=O)OC(C)C)C(=O)N2C1. The van der Waals surface area contributed by atoms with E-state index < -0.39 is 85.5 Å². The highest BCUT2D eigenvalue weighted by molar-refractivity contribution is 7.91. The summed E-state index contributed by atoms with van der Waals surface area (Å²) in [5, 5.41) is 5.98. The van der Waals surface area contributed by atoms with Gasteiger partial charge in [-0.15, -0.1) is 0 Å². The Labute approximate surface area is 313 Å². The molecule has 1 aromatic carbocycles. The molecule has 4 amide bonds. The molecule has 0 unspecified atom stereocenters. The van der Waals surface area contributed by atoms with Gasteiger partial charge in [-0.1, -0.05) is 25.0 Å². The Balaban J connectivity index is 1.24. The number of carbonyl (C=O) groups excluding carboxylic acids is 4. The molecule has 292 valence electrons. The predicted molar refractivity (Wildman–Crippen MR) is 193 cm³/mol. The largest absolute Gasteiger partial charge is 0.483 e. The molecule has 4 heterocycles. The number of aromatic nitrogens is 1. The van der Waals surface area contributed by atoms with E-state index in [-0.39, 0.29) is 31.3 Å². The van der Waals surface area contributed by atoms with Crippen LogP contribution in [0.25, 0.3) is 10.9 Å². The number of amides is 4. The number of nitrogens with one attached hydrogen (secondary N) is 3. The van der Waals surface area contributed by atoms with E-state index in [1.807, 2.05) is 12.2 Å². The standard InChI is InChI=1S/C38H47F2N5O8S/c1-21(2)52-35(49)42-28-11-9-7-5-6-8-10-23-18-38(23,34(48)44-54(50,51)36(4)14-15-36)43-32(46)30-19-37(20-45(30)33(28)47)13-12-24-25-16-26(39)27(40)17-29(25)41-22(3)31(24)53-37/h8,10,16-17,21,23,28,30H,5-7,9,11-15,18-20H2,1-4H3,(H,42,49)(H,43,46)(H,44,48)/b10-8-/t23-,28+,30+,37-,38-/m1/s1. The molecule has 2 aromatic rings. The highest BCUT2D eigenvalue weighted by atomic mass is 32.2. The molecule has 5 atom stereocenters. The van der Waals surface area contributed by atoms with Crippen LogP contribution in [0.2, 0.25) is 0 Å². The Morgan fingerprint density at radius 2 is 1.83 bits per heavy atom. The van der Waals surface area contributed by atoms with Gasteiger partial charge in [0.2, 0.25) is 21.8 Å². The molecule has 1 saturated heterocycles. The summed E-state index contributed by atoms with van der Waals surface area (Å²) in [5.41, 5.74) is -1.36. The molecule has 0 radical (unpaired) electrons. The van der Waals surface area contributed by atoms with Gasteiger partial charge in [-0.05, 0) is 85.1 Å². The van der Waals surface area contributed by atoms with Crippen molar-refractivity contribution < 1.29 is 45.9 Å². The summed E-state index contributed by atoms with van der Waals surface area (Å²) in [6.07, 6.45) is 7.21. The fourth-order valence-electron chi connectivity index (χ4n) is 8.08. The van der Waals surface area contributed by atoms with Gasteiger partial charge in [0.15, 0.2) is 11.6 Å². The lowest BCUT2D eigenvalue weighted by atomic mass is 9.87. The number of allylic oxidation sites excluding steroid dienone is 1. The minimum atomic E-state index is -4.02. The number of hydrogen-bond donors (Lipinski definition) is 3. The number of benzene rings is 1. The fraction of sp³-hybridized carbons (Fsp3) is 0.605. The smallest absolute Gasteiger partial charge is 0.408 e. The first-order valence-electron chi connectivity index (χ1n) is 18.8. The quantitative estimate of drug-likeness (QED) is 0.373. The molecule has 5 aliphatic rings. The third-order valence-electron chi connectivity index (χ3n) is 11.7. The summed E-state index contributed by atoms with van der Waals surface area (Å²) in [4.78, 5) is 61.7. The van der Waals surface area contributed by atoms with Crippen LogP contribution < -0.4 is 20.1 Å². The van der Waals surface area contributed by atoms with Crippen LogP contribution in [0.1, 0.15) is 96.2 Å². The number of halogens is 2. The number of fused-ring (bicyclic) bond motifs is 5.